The molecule has 0 radical (unpaired) electrons. The van der Waals surface area contributed by atoms with E-state index < -0.39 is 14.6 Å². The number of hydrogen-bond acceptors (Lipinski definition) is 5. The van der Waals surface area contributed by atoms with Crippen LogP contribution in [0.2, 0.25) is 0 Å². The van der Waals surface area contributed by atoms with Crippen molar-refractivity contribution in [1.82, 2.24) is 10.3 Å². The average Bonchev–Trinajstić information content (AvgIpc) is 2.67. The molecule has 98 valence electrons. The predicted octanol–water partition coefficient (Wildman–Crippen LogP) is 2.01. The zero-order valence-corrected chi connectivity index (χ0v) is 12.4. The van der Waals surface area contributed by atoms with Crippen LogP contribution in [-0.4, -0.2) is 30.4 Å². The number of hydrogen-bond donors (Lipinski definition) is 1. The van der Waals surface area contributed by atoms with Crippen LogP contribution in [0.3, 0.4) is 0 Å². The lowest BCUT2D eigenvalue weighted by molar-refractivity contribution is 0.546. The summed E-state index contributed by atoms with van der Waals surface area (Å²) in [4.78, 5) is 4.19. The Hall–Kier alpha value is -0.460. The Labute approximate surface area is 107 Å². The van der Waals surface area contributed by atoms with Crippen molar-refractivity contribution in [3.05, 3.63) is 16.6 Å². The molecule has 1 atom stereocenters. The number of nitrogens with one attached hydrogen (secondary N) is 1. The molecule has 1 N–H and O–H groups in total. The lowest BCUT2D eigenvalue weighted by atomic mass is 10.3. The Kier molecular flexibility index (Phi) is 4.69. The molecule has 0 saturated heterocycles. The smallest absolute Gasteiger partial charge is 0.156 e. The van der Waals surface area contributed by atoms with Crippen molar-refractivity contribution in [3.63, 3.8) is 0 Å². The van der Waals surface area contributed by atoms with E-state index in [4.69, 9.17) is 0 Å². The van der Waals surface area contributed by atoms with Crippen molar-refractivity contribution < 1.29 is 8.42 Å². The zero-order valence-electron chi connectivity index (χ0n) is 10.7. The highest BCUT2D eigenvalue weighted by Gasteiger charge is 2.28. The molecule has 0 aromatic carbocycles. The lowest BCUT2D eigenvalue weighted by Crippen LogP contribution is -2.35. The summed E-state index contributed by atoms with van der Waals surface area (Å²) in [6, 6.07) is 0.102. The molecule has 1 aromatic rings. The van der Waals surface area contributed by atoms with Gasteiger partial charge in [-0.1, -0.05) is 0 Å². The van der Waals surface area contributed by atoms with Gasteiger partial charge in [-0.15, -0.1) is 11.3 Å². The van der Waals surface area contributed by atoms with Crippen LogP contribution >= 0.6 is 11.3 Å². The Morgan fingerprint density at radius 2 is 2.12 bits per heavy atom. The molecule has 0 fully saturated rings. The van der Waals surface area contributed by atoms with Gasteiger partial charge in [0, 0.05) is 18.1 Å². The Morgan fingerprint density at radius 3 is 2.59 bits per heavy atom. The zero-order chi connectivity index (χ0) is 13.1. The minimum absolute atomic E-state index is 0.102. The number of sulfone groups is 1. The van der Waals surface area contributed by atoms with Crippen LogP contribution in [0.1, 0.15) is 38.7 Å². The molecular weight excluding hydrogens is 256 g/mol. The summed E-state index contributed by atoms with van der Waals surface area (Å²) in [5.41, 5.74) is 0. The molecular formula is C11H20N2O2S2. The molecule has 1 aromatic heterocycles. The quantitative estimate of drug-likeness (QED) is 0.893. The highest BCUT2D eigenvalue weighted by molar-refractivity contribution is 7.92. The van der Waals surface area contributed by atoms with Gasteiger partial charge in [0.25, 0.3) is 0 Å². The van der Waals surface area contributed by atoms with Crippen molar-refractivity contribution in [1.29, 1.82) is 0 Å². The fourth-order valence-electron chi connectivity index (χ4n) is 1.25. The summed E-state index contributed by atoms with van der Waals surface area (Å²) in [5.74, 6) is 0.159. The first-order valence-electron chi connectivity index (χ1n) is 5.59. The van der Waals surface area contributed by atoms with Crippen molar-refractivity contribution in [2.24, 2.45) is 0 Å². The van der Waals surface area contributed by atoms with Crippen molar-refractivity contribution in [2.45, 2.75) is 38.5 Å². The van der Waals surface area contributed by atoms with Crippen LogP contribution in [0.5, 0.6) is 0 Å². The van der Waals surface area contributed by atoms with Crippen LogP contribution in [-0.2, 0) is 9.84 Å². The normalized spacial score (nSPS) is 14.8. The first kappa shape index (κ1) is 14.6. The van der Waals surface area contributed by atoms with Crippen LogP contribution in [0.4, 0.5) is 0 Å². The van der Waals surface area contributed by atoms with E-state index >= 15 is 0 Å². The molecule has 1 rings (SSSR count). The summed E-state index contributed by atoms with van der Waals surface area (Å²) >= 11 is 1.57. The van der Waals surface area contributed by atoms with Crippen molar-refractivity contribution in [3.8, 4) is 0 Å². The van der Waals surface area contributed by atoms with Gasteiger partial charge in [0.2, 0.25) is 0 Å². The predicted molar refractivity (Wildman–Crippen MR) is 72.1 cm³/mol. The molecule has 6 heteroatoms. The summed E-state index contributed by atoms with van der Waals surface area (Å²) in [7, 11) is -3.04. The minimum Gasteiger partial charge on any atom is -0.307 e. The molecule has 17 heavy (non-hydrogen) atoms. The third-order valence-corrected chi connectivity index (χ3v) is 6.14. The number of nitrogens with zero attached hydrogens (tertiary/aromatic N) is 1. The molecule has 1 heterocycles. The van der Waals surface area contributed by atoms with E-state index in [1.807, 2.05) is 12.3 Å². The van der Waals surface area contributed by atoms with Gasteiger partial charge in [-0.2, -0.15) is 0 Å². The number of aromatic nitrogens is 1. The molecule has 0 amide bonds. The third-order valence-electron chi connectivity index (χ3n) is 2.58. The molecule has 0 spiro atoms. The average molecular weight is 276 g/mol. The largest absolute Gasteiger partial charge is 0.307 e. The lowest BCUT2D eigenvalue weighted by Gasteiger charge is -2.20. The fourth-order valence-corrected chi connectivity index (χ4v) is 2.92. The van der Waals surface area contributed by atoms with Gasteiger partial charge in [-0.25, -0.2) is 13.4 Å². The topological polar surface area (TPSA) is 59.1 Å². The summed E-state index contributed by atoms with van der Waals surface area (Å²) in [6.45, 7) is 7.63. The van der Waals surface area contributed by atoms with Crippen LogP contribution in [0, 0.1) is 0 Å². The highest BCUT2D eigenvalue weighted by atomic mass is 32.2. The van der Waals surface area contributed by atoms with E-state index in [0.717, 1.165) is 5.01 Å². The molecule has 4 nitrogen and oxygen atoms in total. The Morgan fingerprint density at radius 1 is 1.47 bits per heavy atom. The van der Waals surface area contributed by atoms with E-state index in [0.29, 0.717) is 6.54 Å². The standard InChI is InChI=1S/C11H20N2O2S2/c1-9(10-13-5-7-16-10)12-6-8-17(14,15)11(2,3)4/h5,7,9,12H,6,8H2,1-4H3. The maximum atomic E-state index is 11.9. The van der Waals surface area contributed by atoms with Gasteiger partial charge in [-0.05, 0) is 27.7 Å². The van der Waals surface area contributed by atoms with E-state index in [-0.39, 0.29) is 11.8 Å². The van der Waals surface area contributed by atoms with Gasteiger partial charge < -0.3 is 5.32 Å². The molecule has 1 unspecified atom stereocenters. The molecule has 0 aliphatic rings. The molecule has 0 aliphatic heterocycles. The second kappa shape index (κ2) is 5.46. The van der Waals surface area contributed by atoms with Crippen LogP contribution in [0.25, 0.3) is 0 Å². The van der Waals surface area contributed by atoms with Gasteiger partial charge in [-0.3, -0.25) is 0 Å². The SMILES string of the molecule is CC(NCCS(=O)(=O)C(C)(C)C)c1nccs1. The van der Waals surface area contributed by atoms with Gasteiger partial charge in [0.05, 0.1) is 16.5 Å². The third kappa shape index (κ3) is 4.04. The Balaban J connectivity index is 2.44. The fraction of sp³-hybridized carbons (Fsp3) is 0.727. The summed E-state index contributed by atoms with van der Waals surface area (Å²) in [6.07, 6.45) is 1.75. The van der Waals surface area contributed by atoms with E-state index in [2.05, 4.69) is 10.3 Å². The van der Waals surface area contributed by atoms with E-state index in [9.17, 15) is 8.42 Å². The number of thiazole rings is 1. The van der Waals surface area contributed by atoms with Crippen molar-refractivity contribution >= 4 is 21.2 Å². The summed E-state index contributed by atoms with van der Waals surface area (Å²) in [5, 5.41) is 6.08. The minimum atomic E-state index is -3.04. The van der Waals surface area contributed by atoms with Gasteiger partial charge in [0.15, 0.2) is 9.84 Å². The van der Waals surface area contributed by atoms with E-state index in [1.165, 1.54) is 0 Å². The Bertz CT molecular complexity index is 433. The van der Waals surface area contributed by atoms with Crippen LogP contribution < -0.4 is 5.32 Å². The van der Waals surface area contributed by atoms with Crippen LogP contribution in [0.15, 0.2) is 11.6 Å². The first-order chi connectivity index (χ1) is 7.74. The second-order valence-electron chi connectivity index (χ2n) is 4.98. The molecule has 0 saturated carbocycles. The second-order valence-corrected chi connectivity index (χ2v) is 8.77. The van der Waals surface area contributed by atoms with Gasteiger partial charge >= 0.3 is 0 Å². The first-order valence-corrected chi connectivity index (χ1v) is 8.12. The van der Waals surface area contributed by atoms with E-state index in [1.54, 1.807) is 38.3 Å². The molecule has 0 bridgehead atoms. The highest BCUT2D eigenvalue weighted by Crippen LogP contribution is 2.17. The number of rotatable bonds is 5. The van der Waals surface area contributed by atoms with Gasteiger partial charge in [0.1, 0.15) is 5.01 Å². The summed E-state index contributed by atoms with van der Waals surface area (Å²) < 4.78 is 23.1. The maximum absolute atomic E-state index is 11.9. The maximum Gasteiger partial charge on any atom is 0.156 e. The monoisotopic (exact) mass is 276 g/mol. The van der Waals surface area contributed by atoms with Crippen molar-refractivity contribution in [2.75, 3.05) is 12.3 Å². The molecule has 0 aliphatic carbocycles.